The van der Waals surface area contributed by atoms with Crippen molar-refractivity contribution < 1.29 is 9.13 Å². The van der Waals surface area contributed by atoms with Gasteiger partial charge in [0.05, 0.1) is 12.2 Å². The van der Waals surface area contributed by atoms with Gasteiger partial charge in [0, 0.05) is 24.0 Å². The number of aromatic nitrogens is 2. The third-order valence-electron chi connectivity index (χ3n) is 5.36. The van der Waals surface area contributed by atoms with Crippen molar-refractivity contribution in [3.05, 3.63) is 66.2 Å². The van der Waals surface area contributed by atoms with Gasteiger partial charge in [-0.25, -0.2) is 14.4 Å². The Balaban J connectivity index is 1.56. The number of hydrogen-bond acceptors (Lipinski definition) is 3. The Morgan fingerprint density at radius 2 is 1.67 bits per heavy atom. The minimum absolute atomic E-state index is 0.368. The second-order valence-electron chi connectivity index (χ2n) is 8.04. The summed E-state index contributed by atoms with van der Waals surface area (Å²) in [6.07, 6.45) is 9.33. The molecule has 0 amide bonds. The minimum Gasteiger partial charge on any atom is -0.493 e. The predicted octanol–water partition coefficient (Wildman–Crippen LogP) is 7.24. The number of unbranched alkanes of at least 4 members (excludes halogenated alkanes) is 1. The molecule has 30 heavy (non-hydrogen) atoms. The molecule has 1 heterocycles. The highest BCUT2D eigenvalue weighted by molar-refractivity contribution is 5.64. The van der Waals surface area contributed by atoms with Crippen LogP contribution in [-0.2, 0) is 0 Å². The zero-order valence-electron chi connectivity index (χ0n) is 18.2. The lowest BCUT2D eigenvalue weighted by atomic mass is 9.99. The first-order valence-electron chi connectivity index (χ1n) is 10.9. The van der Waals surface area contributed by atoms with Crippen molar-refractivity contribution in [1.29, 1.82) is 0 Å². The molecule has 1 unspecified atom stereocenters. The monoisotopic (exact) mass is 406 g/mol. The molecule has 0 aliphatic heterocycles. The van der Waals surface area contributed by atoms with Gasteiger partial charge in [0.2, 0.25) is 0 Å². The number of benzene rings is 2. The summed E-state index contributed by atoms with van der Waals surface area (Å²) in [6.45, 7) is 7.18. The third kappa shape index (κ3) is 6.12. The van der Waals surface area contributed by atoms with Crippen LogP contribution in [0.3, 0.4) is 0 Å². The summed E-state index contributed by atoms with van der Waals surface area (Å²) in [5, 5.41) is 0. The summed E-state index contributed by atoms with van der Waals surface area (Å²) in [5.41, 5.74) is 3.53. The largest absolute Gasteiger partial charge is 0.493 e. The van der Waals surface area contributed by atoms with Gasteiger partial charge in [-0.15, -0.1) is 0 Å². The van der Waals surface area contributed by atoms with Crippen LogP contribution in [0.2, 0.25) is 0 Å². The van der Waals surface area contributed by atoms with Crippen LogP contribution in [0.5, 0.6) is 5.75 Å². The predicted molar refractivity (Wildman–Crippen MR) is 121 cm³/mol. The fourth-order valence-electron chi connectivity index (χ4n) is 3.55. The zero-order valence-corrected chi connectivity index (χ0v) is 18.2. The van der Waals surface area contributed by atoms with E-state index in [2.05, 4.69) is 23.8 Å². The van der Waals surface area contributed by atoms with Gasteiger partial charge in [0.15, 0.2) is 5.82 Å². The first-order valence-corrected chi connectivity index (χ1v) is 10.9. The van der Waals surface area contributed by atoms with Gasteiger partial charge in [-0.05, 0) is 43.4 Å². The van der Waals surface area contributed by atoms with E-state index in [1.807, 2.05) is 31.2 Å². The van der Waals surface area contributed by atoms with Crippen LogP contribution in [0.4, 0.5) is 4.39 Å². The topological polar surface area (TPSA) is 35.0 Å². The highest BCUT2D eigenvalue weighted by Crippen LogP contribution is 2.25. The molecule has 3 nitrogen and oxygen atoms in total. The van der Waals surface area contributed by atoms with Gasteiger partial charge in [-0.2, -0.15) is 0 Å². The van der Waals surface area contributed by atoms with Crippen molar-refractivity contribution in [2.24, 2.45) is 5.92 Å². The lowest BCUT2D eigenvalue weighted by Crippen LogP contribution is -2.01. The third-order valence-corrected chi connectivity index (χ3v) is 5.36. The zero-order chi connectivity index (χ0) is 21.3. The van der Waals surface area contributed by atoms with E-state index in [0.717, 1.165) is 29.9 Å². The molecule has 0 saturated heterocycles. The second kappa shape index (κ2) is 10.9. The van der Waals surface area contributed by atoms with Gasteiger partial charge in [0.25, 0.3) is 0 Å². The lowest BCUT2D eigenvalue weighted by Gasteiger charge is -2.11. The van der Waals surface area contributed by atoms with Gasteiger partial charge in [-0.3, -0.25) is 0 Å². The molecule has 0 spiro atoms. The average molecular weight is 407 g/mol. The number of ether oxygens (including phenoxy) is 1. The first-order chi connectivity index (χ1) is 14.6. The fraction of sp³-hybridized carbons (Fsp3) is 0.385. The van der Waals surface area contributed by atoms with Gasteiger partial charge in [0.1, 0.15) is 11.6 Å². The highest BCUT2D eigenvalue weighted by Gasteiger charge is 2.10. The maximum absolute atomic E-state index is 14.6. The summed E-state index contributed by atoms with van der Waals surface area (Å²) in [5.74, 6) is 1.32. The fourth-order valence-corrected chi connectivity index (χ4v) is 3.55. The molecule has 1 aromatic heterocycles. The van der Waals surface area contributed by atoms with Crippen LogP contribution in [0.15, 0.2) is 54.9 Å². The molecule has 3 aromatic rings. The normalized spacial score (nSPS) is 12.0. The Bertz CT molecular complexity index is 923. The molecule has 3 rings (SSSR count). The van der Waals surface area contributed by atoms with Crippen LogP contribution in [0.25, 0.3) is 22.5 Å². The number of hydrogen-bond donors (Lipinski definition) is 0. The van der Waals surface area contributed by atoms with Gasteiger partial charge in [-0.1, -0.05) is 62.9 Å². The Morgan fingerprint density at radius 3 is 2.33 bits per heavy atom. The summed E-state index contributed by atoms with van der Waals surface area (Å²) >= 11 is 0. The molecule has 2 aromatic carbocycles. The van der Waals surface area contributed by atoms with E-state index in [1.54, 1.807) is 24.5 Å². The van der Waals surface area contributed by atoms with Crippen molar-refractivity contribution in [3.63, 3.8) is 0 Å². The van der Waals surface area contributed by atoms with Crippen molar-refractivity contribution >= 4 is 0 Å². The molecular formula is C26H31FN2O. The van der Waals surface area contributed by atoms with Crippen LogP contribution in [0.1, 0.15) is 51.5 Å². The Morgan fingerprint density at radius 1 is 0.933 bits per heavy atom. The van der Waals surface area contributed by atoms with Crippen LogP contribution >= 0.6 is 0 Å². The Kier molecular flexibility index (Phi) is 7.95. The van der Waals surface area contributed by atoms with E-state index in [9.17, 15) is 4.39 Å². The first kappa shape index (κ1) is 21.9. The van der Waals surface area contributed by atoms with Gasteiger partial charge >= 0.3 is 0 Å². The maximum atomic E-state index is 14.6. The summed E-state index contributed by atoms with van der Waals surface area (Å²) < 4.78 is 20.3. The van der Waals surface area contributed by atoms with Crippen molar-refractivity contribution in [2.75, 3.05) is 6.61 Å². The van der Waals surface area contributed by atoms with Crippen molar-refractivity contribution in [1.82, 2.24) is 9.97 Å². The Hall–Kier alpha value is -2.75. The molecule has 158 valence electrons. The van der Waals surface area contributed by atoms with E-state index >= 15 is 0 Å². The smallest absolute Gasteiger partial charge is 0.162 e. The Labute approximate surface area is 179 Å². The standard InChI is InChI=1S/C26H31FN2O/c1-4-7-19(2)8-5-6-15-30-23-13-14-24(25(27)16-23)26-28-17-22(18-29-26)21-11-9-20(3)10-12-21/h9-14,16-19H,4-8,15H2,1-3H3. The lowest BCUT2D eigenvalue weighted by molar-refractivity contribution is 0.297. The second-order valence-corrected chi connectivity index (χ2v) is 8.04. The van der Waals surface area contributed by atoms with Crippen LogP contribution in [-0.4, -0.2) is 16.6 Å². The highest BCUT2D eigenvalue weighted by atomic mass is 19.1. The van der Waals surface area contributed by atoms with Crippen molar-refractivity contribution in [3.8, 4) is 28.3 Å². The van der Waals surface area contributed by atoms with E-state index in [1.165, 1.54) is 30.9 Å². The molecule has 0 bridgehead atoms. The van der Waals surface area contributed by atoms with E-state index < -0.39 is 0 Å². The molecule has 0 aliphatic carbocycles. The number of aryl methyl sites for hydroxylation is 1. The van der Waals surface area contributed by atoms with Gasteiger partial charge < -0.3 is 4.74 Å². The molecular weight excluding hydrogens is 375 g/mol. The molecule has 0 aliphatic rings. The van der Waals surface area contributed by atoms with Crippen LogP contribution in [0, 0.1) is 18.7 Å². The summed E-state index contributed by atoms with van der Waals surface area (Å²) in [6, 6.07) is 13.1. The SMILES string of the molecule is CCCC(C)CCCCOc1ccc(-c2ncc(-c3ccc(C)cc3)cn2)c(F)c1. The summed E-state index contributed by atoms with van der Waals surface area (Å²) in [4.78, 5) is 8.73. The molecule has 0 fully saturated rings. The van der Waals surface area contributed by atoms with E-state index in [4.69, 9.17) is 4.74 Å². The quantitative estimate of drug-likeness (QED) is 0.333. The average Bonchev–Trinajstić information content (AvgIpc) is 2.75. The number of halogens is 1. The minimum atomic E-state index is -0.368. The maximum Gasteiger partial charge on any atom is 0.162 e. The molecule has 4 heteroatoms. The molecule has 0 saturated carbocycles. The van der Waals surface area contributed by atoms with Crippen molar-refractivity contribution in [2.45, 2.75) is 52.9 Å². The summed E-state index contributed by atoms with van der Waals surface area (Å²) in [7, 11) is 0. The number of nitrogens with zero attached hydrogens (tertiary/aromatic N) is 2. The molecule has 0 N–H and O–H groups in total. The van der Waals surface area contributed by atoms with E-state index in [0.29, 0.717) is 23.7 Å². The van der Waals surface area contributed by atoms with Crippen LogP contribution < -0.4 is 4.74 Å². The number of rotatable bonds is 10. The molecule has 0 radical (unpaired) electrons. The van der Waals surface area contributed by atoms with E-state index in [-0.39, 0.29) is 5.82 Å². The molecule has 1 atom stereocenters.